The van der Waals surface area contributed by atoms with E-state index in [0.717, 1.165) is 24.5 Å². The number of carbonyl (C=O) groups is 2. The molecule has 3 aromatic rings. The Hall–Kier alpha value is -3.15. The van der Waals surface area contributed by atoms with E-state index in [2.05, 4.69) is 0 Å². The molecule has 1 aromatic heterocycles. The van der Waals surface area contributed by atoms with E-state index in [4.69, 9.17) is 14.9 Å². The highest BCUT2D eigenvalue weighted by Gasteiger charge is 2.25. The summed E-state index contributed by atoms with van der Waals surface area (Å²) in [6.07, 6.45) is 2.10. The Morgan fingerprint density at radius 2 is 2.04 bits per heavy atom. The summed E-state index contributed by atoms with van der Waals surface area (Å²) in [6, 6.07) is 7.29. The van der Waals surface area contributed by atoms with Crippen molar-refractivity contribution in [3.05, 3.63) is 58.6 Å². The van der Waals surface area contributed by atoms with Crippen LogP contribution in [0.5, 0.6) is 5.75 Å². The molecular formula is C20H16FNO4. The number of nitrogens with two attached hydrogens (primary N) is 1. The quantitative estimate of drug-likeness (QED) is 0.722. The molecule has 26 heavy (non-hydrogen) atoms. The standard InChI is InChI=1S/C20H16FNO4/c1-25-17-8-11(5-6-14(17)21)19(24)20-18(22)13-9-12-10(7-16(13)26-20)3-2-4-15(12)23/h5-9H,2-4,22H2,1H3. The van der Waals surface area contributed by atoms with E-state index >= 15 is 0 Å². The largest absolute Gasteiger partial charge is 0.494 e. The highest BCUT2D eigenvalue weighted by Crippen LogP contribution is 2.35. The van der Waals surface area contributed by atoms with Crippen molar-refractivity contribution in [1.29, 1.82) is 0 Å². The molecule has 0 aliphatic heterocycles. The second-order valence-electron chi connectivity index (χ2n) is 6.31. The molecule has 0 saturated heterocycles. The number of hydrogen-bond acceptors (Lipinski definition) is 5. The fraction of sp³-hybridized carbons (Fsp3) is 0.200. The van der Waals surface area contributed by atoms with E-state index < -0.39 is 11.6 Å². The van der Waals surface area contributed by atoms with Crippen LogP contribution in [0, 0.1) is 5.82 Å². The van der Waals surface area contributed by atoms with Gasteiger partial charge in [-0.2, -0.15) is 0 Å². The summed E-state index contributed by atoms with van der Waals surface area (Å²) < 4.78 is 24.2. The molecule has 1 aliphatic carbocycles. The number of ketones is 2. The van der Waals surface area contributed by atoms with Gasteiger partial charge in [0.2, 0.25) is 5.78 Å². The number of ether oxygens (including phenoxy) is 1. The Bertz CT molecular complexity index is 1070. The van der Waals surface area contributed by atoms with Crippen LogP contribution >= 0.6 is 0 Å². The number of benzene rings is 2. The number of Topliss-reactive ketones (excluding diaryl/α,β-unsaturated/α-hetero) is 1. The molecule has 5 nitrogen and oxygen atoms in total. The van der Waals surface area contributed by atoms with Crippen LogP contribution in [0.1, 0.15) is 44.9 Å². The average Bonchev–Trinajstić information content (AvgIpc) is 2.96. The highest BCUT2D eigenvalue weighted by atomic mass is 19.1. The molecular weight excluding hydrogens is 337 g/mol. The monoisotopic (exact) mass is 353 g/mol. The lowest BCUT2D eigenvalue weighted by Crippen LogP contribution is -2.10. The maximum absolute atomic E-state index is 13.6. The number of carbonyl (C=O) groups excluding carboxylic acids is 2. The fourth-order valence-electron chi connectivity index (χ4n) is 3.35. The summed E-state index contributed by atoms with van der Waals surface area (Å²) in [5.74, 6) is -1.02. The Morgan fingerprint density at radius 1 is 1.23 bits per heavy atom. The Labute approximate surface area is 148 Å². The lowest BCUT2D eigenvalue weighted by Gasteiger charge is -2.13. The van der Waals surface area contributed by atoms with Gasteiger partial charge in [0.25, 0.3) is 0 Å². The zero-order chi connectivity index (χ0) is 18.4. The predicted octanol–water partition coefficient (Wildman–Crippen LogP) is 3.91. The van der Waals surface area contributed by atoms with Gasteiger partial charge in [-0.1, -0.05) is 0 Å². The van der Waals surface area contributed by atoms with Crippen LogP contribution in [0.4, 0.5) is 10.1 Å². The molecule has 1 heterocycles. The van der Waals surface area contributed by atoms with Crippen LogP contribution in [-0.2, 0) is 6.42 Å². The summed E-state index contributed by atoms with van der Waals surface area (Å²) in [4.78, 5) is 24.9. The van der Waals surface area contributed by atoms with Crippen LogP contribution in [0.15, 0.2) is 34.7 Å². The number of halogens is 1. The third-order valence-electron chi connectivity index (χ3n) is 4.72. The van der Waals surface area contributed by atoms with Gasteiger partial charge in [0.1, 0.15) is 5.58 Å². The van der Waals surface area contributed by atoms with E-state index in [1.807, 2.05) is 0 Å². The molecule has 0 saturated carbocycles. The summed E-state index contributed by atoms with van der Waals surface area (Å²) in [5.41, 5.74) is 8.52. The van der Waals surface area contributed by atoms with Gasteiger partial charge in [0.05, 0.1) is 12.8 Å². The summed E-state index contributed by atoms with van der Waals surface area (Å²) in [5, 5.41) is 0.538. The first kappa shape index (κ1) is 16.3. The number of rotatable bonds is 3. The minimum absolute atomic E-state index is 0.0246. The van der Waals surface area contributed by atoms with Gasteiger partial charge >= 0.3 is 0 Å². The molecule has 0 bridgehead atoms. The van der Waals surface area contributed by atoms with E-state index in [9.17, 15) is 14.0 Å². The Balaban J connectivity index is 1.83. The second-order valence-corrected chi connectivity index (χ2v) is 6.31. The normalized spacial score (nSPS) is 13.7. The first-order valence-electron chi connectivity index (χ1n) is 8.26. The van der Waals surface area contributed by atoms with Crippen LogP contribution in [0.2, 0.25) is 0 Å². The Kier molecular flexibility index (Phi) is 3.76. The minimum Gasteiger partial charge on any atom is -0.494 e. The highest BCUT2D eigenvalue weighted by molar-refractivity contribution is 6.15. The number of aryl methyl sites for hydroxylation is 1. The van der Waals surface area contributed by atoms with E-state index in [-0.39, 0.29) is 28.5 Å². The summed E-state index contributed by atoms with van der Waals surface area (Å²) in [7, 11) is 1.32. The molecule has 0 radical (unpaired) electrons. The SMILES string of the molecule is COc1cc(C(=O)c2oc3cc4c(cc3c2N)C(=O)CCC4)ccc1F. The van der Waals surface area contributed by atoms with Crippen molar-refractivity contribution in [1.82, 2.24) is 0 Å². The topological polar surface area (TPSA) is 82.5 Å². The van der Waals surface area contributed by atoms with Gasteiger partial charge in [-0.15, -0.1) is 0 Å². The van der Waals surface area contributed by atoms with Gasteiger partial charge in [0.15, 0.2) is 23.1 Å². The van der Waals surface area contributed by atoms with Crippen molar-refractivity contribution in [2.75, 3.05) is 12.8 Å². The zero-order valence-electron chi connectivity index (χ0n) is 14.1. The zero-order valence-corrected chi connectivity index (χ0v) is 14.1. The van der Waals surface area contributed by atoms with Crippen LogP contribution < -0.4 is 10.5 Å². The third kappa shape index (κ3) is 2.45. The van der Waals surface area contributed by atoms with Gasteiger partial charge in [-0.3, -0.25) is 9.59 Å². The number of nitrogen functional groups attached to an aromatic ring is 1. The number of methoxy groups -OCH3 is 1. The molecule has 0 unspecified atom stereocenters. The van der Waals surface area contributed by atoms with E-state index in [1.54, 1.807) is 12.1 Å². The average molecular weight is 353 g/mol. The number of anilines is 1. The van der Waals surface area contributed by atoms with Crippen LogP contribution in [-0.4, -0.2) is 18.7 Å². The lowest BCUT2D eigenvalue weighted by atomic mass is 9.89. The molecule has 132 valence electrons. The van der Waals surface area contributed by atoms with Crippen molar-refractivity contribution in [3.8, 4) is 5.75 Å². The number of furan rings is 1. The van der Waals surface area contributed by atoms with Crippen molar-refractivity contribution in [2.24, 2.45) is 0 Å². The lowest BCUT2D eigenvalue weighted by molar-refractivity contribution is 0.0971. The van der Waals surface area contributed by atoms with Crippen LogP contribution in [0.3, 0.4) is 0 Å². The molecule has 2 aromatic carbocycles. The van der Waals surface area contributed by atoms with Gasteiger partial charge in [-0.05, 0) is 48.7 Å². The van der Waals surface area contributed by atoms with Gasteiger partial charge in [0, 0.05) is 22.9 Å². The van der Waals surface area contributed by atoms with E-state index in [1.165, 1.54) is 19.2 Å². The number of fused-ring (bicyclic) bond motifs is 2. The summed E-state index contributed by atoms with van der Waals surface area (Å²) in [6.45, 7) is 0. The molecule has 0 amide bonds. The molecule has 4 rings (SSSR count). The molecule has 0 fully saturated rings. The smallest absolute Gasteiger partial charge is 0.230 e. The number of hydrogen-bond donors (Lipinski definition) is 1. The first-order chi connectivity index (χ1) is 12.5. The molecule has 1 aliphatic rings. The first-order valence-corrected chi connectivity index (χ1v) is 8.26. The second kappa shape index (κ2) is 5.98. The maximum atomic E-state index is 13.6. The predicted molar refractivity (Wildman–Crippen MR) is 94.3 cm³/mol. The van der Waals surface area contributed by atoms with Crippen molar-refractivity contribution in [2.45, 2.75) is 19.3 Å². The van der Waals surface area contributed by atoms with Crippen molar-refractivity contribution >= 4 is 28.2 Å². The molecule has 0 atom stereocenters. The summed E-state index contributed by atoms with van der Waals surface area (Å²) >= 11 is 0. The molecule has 0 spiro atoms. The van der Waals surface area contributed by atoms with Crippen molar-refractivity contribution < 1.29 is 23.1 Å². The van der Waals surface area contributed by atoms with E-state index in [0.29, 0.717) is 23.0 Å². The van der Waals surface area contributed by atoms with Crippen LogP contribution in [0.25, 0.3) is 11.0 Å². The minimum atomic E-state index is -0.562. The van der Waals surface area contributed by atoms with Crippen molar-refractivity contribution in [3.63, 3.8) is 0 Å². The molecule has 6 heteroatoms. The Morgan fingerprint density at radius 3 is 2.81 bits per heavy atom. The third-order valence-corrected chi connectivity index (χ3v) is 4.72. The van der Waals surface area contributed by atoms with Gasteiger partial charge < -0.3 is 14.9 Å². The fourth-order valence-corrected chi connectivity index (χ4v) is 3.35. The maximum Gasteiger partial charge on any atom is 0.230 e. The molecule has 2 N–H and O–H groups in total. The van der Waals surface area contributed by atoms with Gasteiger partial charge in [-0.25, -0.2) is 4.39 Å².